The summed E-state index contributed by atoms with van der Waals surface area (Å²) in [4.78, 5) is 10.3. The predicted octanol–water partition coefficient (Wildman–Crippen LogP) is 0.807. The molecule has 0 spiro atoms. The number of H-pyrrole nitrogens is 1. The van der Waals surface area contributed by atoms with Crippen LogP contribution in [0.4, 0.5) is 5.69 Å². The summed E-state index contributed by atoms with van der Waals surface area (Å²) in [5, 5.41) is 17.1. The fourth-order valence-electron chi connectivity index (χ4n) is 2.25. The molecular formula is C10H13N3O4. The van der Waals surface area contributed by atoms with Crippen LogP contribution in [0.3, 0.4) is 0 Å². The molecule has 3 unspecified atom stereocenters. The van der Waals surface area contributed by atoms with Gasteiger partial charge in [0.05, 0.1) is 23.7 Å². The Morgan fingerprint density at radius 1 is 1.53 bits per heavy atom. The second-order valence-corrected chi connectivity index (χ2v) is 4.44. The van der Waals surface area contributed by atoms with Crippen molar-refractivity contribution in [3.8, 4) is 0 Å². The molecule has 3 heterocycles. The average molecular weight is 239 g/mol. The number of aromatic amines is 1. The molecule has 1 aromatic heterocycles. The van der Waals surface area contributed by atoms with Gasteiger partial charge < -0.3 is 9.47 Å². The van der Waals surface area contributed by atoms with Crippen molar-refractivity contribution in [1.82, 2.24) is 10.2 Å². The smallest absolute Gasteiger partial charge is 0.309 e. The summed E-state index contributed by atoms with van der Waals surface area (Å²) in [6.45, 7) is 0.595. The number of aromatic nitrogens is 2. The SMILES string of the molecule is O=[N+]([O-])c1cn[nH]c1CC1CCC2OC2CO1. The van der Waals surface area contributed by atoms with Crippen molar-refractivity contribution in [2.45, 2.75) is 37.6 Å². The summed E-state index contributed by atoms with van der Waals surface area (Å²) in [5.74, 6) is 0. The van der Waals surface area contributed by atoms with E-state index in [9.17, 15) is 10.1 Å². The molecule has 0 amide bonds. The Hall–Kier alpha value is -1.47. The number of hydrogen-bond donors (Lipinski definition) is 1. The third-order valence-electron chi connectivity index (χ3n) is 3.28. The second-order valence-electron chi connectivity index (χ2n) is 4.44. The standard InChI is InChI=1S/C10H13N3O4/c14-13(15)8-4-11-12-7(8)3-6-1-2-9-10(17-9)5-16-6/h4,6,9-10H,1-3,5H2,(H,11,12). The number of rotatable bonds is 3. The normalized spacial score (nSPS) is 31.6. The van der Waals surface area contributed by atoms with Crippen molar-refractivity contribution in [2.24, 2.45) is 0 Å². The van der Waals surface area contributed by atoms with Gasteiger partial charge >= 0.3 is 5.69 Å². The van der Waals surface area contributed by atoms with Crippen molar-refractivity contribution in [1.29, 1.82) is 0 Å². The molecule has 7 heteroatoms. The molecular weight excluding hydrogens is 226 g/mol. The van der Waals surface area contributed by atoms with E-state index in [-0.39, 0.29) is 17.9 Å². The van der Waals surface area contributed by atoms with E-state index in [1.807, 2.05) is 0 Å². The maximum absolute atomic E-state index is 10.7. The van der Waals surface area contributed by atoms with Gasteiger partial charge in [0.2, 0.25) is 0 Å². The lowest BCUT2D eigenvalue weighted by Crippen LogP contribution is -2.17. The van der Waals surface area contributed by atoms with E-state index >= 15 is 0 Å². The van der Waals surface area contributed by atoms with Crippen molar-refractivity contribution < 1.29 is 14.4 Å². The second kappa shape index (κ2) is 4.08. The minimum absolute atomic E-state index is 0.0190. The average Bonchev–Trinajstić information content (AvgIpc) is 2.92. The lowest BCUT2D eigenvalue weighted by molar-refractivity contribution is -0.385. The number of epoxide rings is 1. The Morgan fingerprint density at radius 2 is 2.41 bits per heavy atom. The molecule has 3 atom stereocenters. The molecule has 2 fully saturated rings. The van der Waals surface area contributed by atoms with Crippen molar-refractivity contribution in [3.63, 3.8) is 0 Å². The van der Waals surface area contributed by atoms with Gasteiger partial charge in [0, 0.05) is 6.42 Å². The van der Waals surface area contributed by atoms with Crippen molar-refractivity contribution >= 4 is 5.69 Å². The molecule has 2 saturated heterocycles. The monoisotopic (exact) mass is 239 g/mol. The maximum atomic E-state index is 10.7. The van der Waals surface area contributed by atoms with Gasteiger partial charge in [0.1, 0.15) is 18.0 Å². The molecule has 7 nitrogen and oxygen atoms in total. The fourth-order valence-corrected chi connectivity index (χ4v) is 2.25. The lowest BCUT2D eigenvalue weighted by atomic mass is 10.1. The first kappa shape index (κ1) is 10.7. The maximum Gasteiger partial charge on any atom is 0.309 e. The summed E-state index contributed by atoms with van der Waals surface area (Å²) in [6.07, 6.45) is 4.20. The van der Waals surface area contributed by atoms with E-state index in [0.29, 0.717) is 24.8 Å². The molecule has 0 saturated carbocycles. The van der Waals surface area contributed by atoms with Gasteiger partial charge in [0.15, 0.2) is 0 Å². The van der Waals surface area contributed by atoms with E-state index in [1.54, 1.807) is 0 Å². The minimum Gasteiger partial charge on any atom is -0.375 e. The first-order valence-corrected chi connectivity index (χ1v) is 5.67. The summed E-state index contributed by atoms with van der Waals surface area (Å²) >= 11 is 0. The molecule has 1 N–H and O–H groups in total. The van der Waals surface area contributed by atoms with E-state index in [2.05, 4.69) is 10.2 Å². The zero-order chi connectivity index (χ0) is 11.8. The van der Waals surface area contributed by atoms with Gasteiger partial charge in [-0.05, 0) is 12.8 Å². The van der Waals surface area contributed by atoms with Crippen molar-refractivity contribution in [3.05, 3.63) is 22.0 Å². The largest absolute Gasteiger partial charge is 0.375 e. The van der Waals surface area contributed by atoms with Gasteiger partial charge in [-0.3, -0.25) is 15.2 Å². The van der Waals surface area contributed by atoms with Crippen LogP contribution in [0, 0.1) is 10.1 Å². The van der Waals surface area contributed by atoms with Gasteiger partial charge in [-0.1, -0.05) is 0 Å². The third kappa shape index (κ3) is 2.16. The Morgan fingerprint density at radius 3 is 3.24 bits per heavy atom. The molecule has 0 aliphatic carbocycles. The Bertz CT molecular complexity index is 421. The van der Waals surface area contributed by atoms with Gasteiger partial charge in [0.25, 0.3) is 0 Å². The molecule has 92 valence electrons. The van der Waals surface area contributed by atoms with Gasteiger partial charge in [-0.15, -0.1) is 0 Å². The topological polar surface area (TPSA) is 93.6 Å². The van der Waals surface area contributed by atoms with E-state index in [1.165, 1.54) is 6.20 Å². The summed E-state index contributed by atoms with van der Waals surface area (Å²) < 4.78 is 11.0. The Kier molecular flexibility index (Phi) is 2.56. The fraction of sp³-hybridized carbons (Fsp3) is 0.700. The first-order chi connectivity index (χ1) is 8.24. The van der Waals surface area contributed by atoms with Crippen LogP contribution >= 0.6 is 0 Å². The number of nitrogens with one attached hydrogen (secondary N) is 1. The zero-order valence-electron chi connectivity index (χ0n) is 9.17. The summed E-state index contributed by atoms with van der Waals surface area (Å²) in [5.41, 5.74) is 0.579. The molecule has 1 aromatic rings. The van der Waals surface area contributed by atoms with E-state index < -0.39 is 4.92 Å². The highest BCUT2D eigenvalue weighted by Gasteiger charge is 2.41. The zero-order valence-corrected chi connectivity index (χ0v) is 9.17. The van der Waals surface area contributed by atoms with Crippen LogP contribution in [-0.2, 0) is 15.9 Å². The number of nitrogens with zero attached hydrogens (tertiary/aromatic N) is 2. The molecule has 0 aromatic carbocycles. The number of fused-ring (bicyclic) bond motifs is 1. The molecule has 3 rings (SSSR count). The predicted molar refractivity (Wildman–Crippen MR) is 56.6 cm³/mol. The van der Waals surface area contributed by atoms with Crippen LogP contribution < -0.4 is 0 Å². The highest BCUT2D eigenvalue weighted by Crippen LogP contribution is 2.32. The van der Waals surface area contributed by atoms with Gasteiger partial charge in [-0.2, -0.15) is 5.10 Å². The molecule has 2 aliphatic rings. The minimum atomic E-state index is -0.421. The molecule has 17 heavy (non-hydrogen) atoms. The lowest BCUT2D eigenvalue weighted by Gasteiger charge is -2.14. The molecule has 0 bridgehead atoms. The number of nitro groups is 1. The summed E-state index contributed by atoms with van der Waals surface area (Å²) in [7, 11) is 0. The van der Waals surface area contributed by atoms with E-state index in [0.717, 1.165) is 12.8 Å². The summed E-state index contributed by atoms with van der Waals surface area (Å²) in [6, 6.07) is 0. The van der Waals surface area contributed by atoms with Crippen LogP contribution in [-0.4, -0.2) is 40.0 Å². The third-order valence-corrected chi connectivity index (χ3v) is 3.28. The van der Waals surface area contributed by atoms with E-state index in [4.69, 9.17) is 9.47 Å². The molecule has 2 aliphatic heterocycles. The highest BCUT2D eigenvalue weighted by molar-refractivity contribution is 5.32. The van der Waals surface area contributed by atoms with Crippen molar-refractivity contribution in [2.75, 3.05) is 6.61 Å². The van der Waals surface area contributed by atoms with Crippen LogP contribution in [0.15, 0.2) is 6.20 Å². The van der Waals surface area contributed by atoms with Crippen LogP contribution in [0.25, 0.3) is 0 Å². The first-order valence-electron chi connectivity index (χ1n) is 5.67. The Labute approximate surface area is 97.3 Å². The Balaban J connectivity index is 1.65. The number of hydrogen-bond acceptors (Lipinski definition) is 5. The van der Waals surface area contributed by atoms with Crippen LogP contribution in [0.5, 0.6) is 0 Å². The van der Waals surface area contributed by atoms with Crippen LogP contribution in [0.2, 0.25) is 0 Å². The number of ether oxygens (including phenoxy) is 2. The van der Waals surface area contributed by atoms with Crippen LogP contribution in [0.1, 0.15) is 18.5 Å². The quantitative estimate of drug-likeness (QED) is 0.478. The van der Waals surface area contributed by atoms with Gasteiger partial charge in [-0.25, -0.2) is 0 Å². The highest BCUT2D eigenvalue weighted by atomic mass is 16.6. The molecule has 0 radical (unpaired) electrons.